The molecule has 0 aliphatic heterocycles. The molecule has 0 spiro atoms. The third-order valence-electron chi connectivity index (χ3n) is 3.98. The Morgan fingerprint density at radius 2 is 2.04 bits per heavy atom. The van der Waals surface area contributed by atoms with Crippen LogP contribution >= 0.6 is 0 Å². The molecule has 0 fully saturated rings. The van der Waals surface area contributed by atoms with Crippen LogP contribution in [0.15, 0.2) is 47.7 Å². The second-order valence-electron chi connectivity index (χ2n) is 6.01. The number of aliphatic imine (C=N–C) groups is 1. The van der Waals surface area contributed by atoms with E-state index >= 15 is 0 Å². The zero-order valence-corrected chi connectivity index (χ0v) is 15.7. The van der Waals surface area contributed by atoms with Crippen molar-refractivity contribution in [3.05, 3.63) is 59.7 Å². The fourth-order valence-corrected chi connectivity index (χ4v) is 2.47. The van der Waals surface area contributed by atoms with Gasteiger partial charge >= 0.3 is 0 Å². The summed E-state index contributed by atoms with van der Waals surface area (Å²) >= 11 is 0. The van der Waals surface area contributed by atoms with Gasteiger partial charge in [0.2, 0.25) is 0 Å². The lowest BCUT2D eigenvalue weighted by molar-refractivity contribution is 0.281. The predicted molar refractivity (Wildman–Crippen MR) is 103 cm³/mol. The van der Waals surface area contributed by atoms with Crippen LogP contribution in [0.3, 0.4) is 0 Å². The van der Waals surface area contributed by atoms with E-state index in [4.69, 9.17) is 9.73 Å². The zero-order valence-electron chi connectivity index (χ0n) is 15.7. The second-order valence-corrected chi connectivity index (χ2v) is 6.01. The number of nitrogens with one attached hydrogen (secondary N) is 1. The van der Waals surface area contributed by atoms with E-state index in [-0.39, 0.29) is 5.82 Å². The molecule has 0 atom stereocenters. The smallest absolute Gasteiger partial charge is 0.193 e. The van der Waals surface area contributed by atoms with Crippen LogP contribution in [0.2, 0.25) is 0 Å². The summed E-state index contributed by atoms with van der Waals surface area (Å²) in [5.74, 6) is 1.25. The molecule has 2 aromatic rings. The number of hydrogen-bond acceptors (Lipinski definition) is 3. The molecule has 140 valence electrons. The zero-order chi connectivity index (χ0) is 18.8. The van der Waals surface area contributed by atoms with E-state index < -0.39 is 0 Å². The minimum absolute atomic E-state index is 0.263. The summed E-state index contributed by atoms with van der Waals surface area (Å²) in [6.07, 6.45) is 4.57. The highest BCUT2D eigenvalue weighted by molar-refractivity contribution is 5.79. The molecule has 6 heteroatoms. The number of pyridine rings is 1. The van der Waals surface area contributed by atoms with Crippen molar-refractivity contribution in [2.45, 2.75) is 20.3 Å². The van der Waals surface area contributed by atoms with Gasteiger partial charge in [0.1, 0.15) is 18.2 Å². The number of aryl methyl sites for hydroxylation is 1. The maximum atomic E-state index is 12.9. The Hall–Kier alpha value is -2.63. The normalized spacial score (nSPS) is 11.3. The summed E-state index contributed by atoms with van der Waals surface area (Å²) in [7, 11) is 1.98. The number of hydrogen-bond donors (Lipinski definition) is 1. The van der Waals surface area contributed by atoms with E-state index in [1.54, 1.807) is 12.1 Å². The van der Waals surface area contributed by atoms with Crippen LogP contribution in [0.1, 0.15) is 18.1 Å². The first-order valence-corrected chi connectivity index (χ1v) is 8.87. The van der Waals surface area contributed by atoms with Crippen LogP contribution in [0.4, 0.5) is 4.39 Å². The van der Waals surface area contributed by atoms with Crippen molar-refractivity contribution in [2.24, 2.45) is 4.99 Å². The van der Waals surface area contributed by atoms with E-state index in [0.29, 0.717) is 25.4 Å². The van der Waals surface area contributed by atoms with Crippen LogP contribution < -0.4 is 10.1 Å². The molecule has 0 aliphatic rings. The van der Waals surface area contributed by atoms with Gasteiger partial charge in [-0.05, 0) is 61.7 Å². The van der Waals surface area contributed by atoms with Crippen molar-refractivity contribution in [3.8, 4) is 5.75 Å². The van der Waals surface area contributed by atoms with Crippen molar-refractivity contribution < 1.29 is 9.13 Å². The standard InChI is InChI=1S/C20H27FN4O/c1-4-23-20(24-12-10-17-9-11-22-15-16(17)2)25(3)13-14-26-19-7-5-18(21)6-8-19/h5-9,11,15H,4,10,12-14H2,1-3H3,(H,23,24). The van der Waals surface area contributed by atoms with E-state index in [2.05, 4.69) is 17.2 Å². The Kier molecular flexibility index (Phi) is 7.86. The van der Waals surface area contributed by atoms with Gasteiger partial charge in [-0.1, -0.05) is 0 Å². The van der Waals surface area contributed by atoms with Crippen molar-refractivity contribution in [3.63, 3.8) is 0 Å². The quantitative estimate of drug-likeness (QED) is 0.582. The van der Waals surface area contributed by atoms with Gasteiger partial charge in [-0.2, -0.15) is 0 Å². The highest BCUT2D eigenvalue weighted by Crippen LogP contribution is 2.11. The fraction of sp³-hybridized carbons (Fsp3) is 0.400. The highest BCUT2D eigenvalue weighted by atomic mass is 19.1. The summed E-state index contributed by atoms with van der Waals surface area (Å²) in [4.78, 5) is 10.8. The number of ether oxygens (including phenoxy) is 1. The van der Waals surface area contributed by atoms with E-state index in [0.717, 1.165) is 18.9 Å². The Bertz CT molecular complexity index is 703. The summed E-state index contributed by atoms with van der Waals surface area (Å²) < 4.78 is 18.6. The molecule has 0 unspecified atom stereocenters. The second kappa shape index (κ2) is 10.4. The summed E-state index contributed by atoms with van der Waals surface area (Å²) in [5, 5.41) is 3.30. The lowest BCUT2D eigenvalue weighted by Crippen LogP contribution is -2.41. The molecule has 0 saturated carbocycles. The molecule has 0 amide bonds. The Labute approximate surface area is 154 Å². The number of aromatic nitrogens is 1. The van der Waals surface area contributed by atoms with Crippen molar-refractivity contribution in [1.82, 2.24) is 15.2 Å². The maximum Gasteiger partial charge on any atom is 0.193 e. The average molecular weight is 358 g/mol. The third-order valence-corrected chi connectivity index (χ3v) is 3.98. The molecule has 0 aliphatic carbocycles. The predicted octanol–water partition coefficient (Wildman–Crippen LogP) is 3.05. The molecule has 1 aromatic heterocycles. The molecule has 0 radical (unpaired) electrons. The van der Waals surface area contributed by atoms with Crippen molar-refractivity contribution in [1.29, 1.82) is 0 Å². The largest absolute Gasteiger partial charge is 0.492 e. The van der Waals surface area contributed by atoms with Gasteiger partial charge < -0.3 is 15.0 Å². The fourth-order valence-electron chi connectivity index (χ4n) is 2.47. The van der Waals surface area contributed by atoms with Crippen LogP contribution in [-0.4, -0.2) is 49.1 Å². The Balaban J connectivity index is 1.84. The van der Waals surface area contributed by atoms with Gasteiger partial charge in [-0.15, -0.1) is 0 Å². The SMILES string of the molecule is CCNC(=NCCc1ccncc1C)N(C)CCOc1ccc(F)cc1. The lowest BCUT2D eigenvalue weighted by atomic mass is 10.1. The average Bonchev–Trinajstić information content (AvgIpc) is 2.64. The topological polar surface area (TPSA) is 49.8 Å². The Morgan fingerprint density at radius 1 is 1.27 bits per heavy atom. The highest BCUT2D eigenvalue weighted by Gasteiger charge is 2.06. The van der Waals surface area contributed by atoms with Gasteiger partial charge in [-0.25, -0.2) is 4.39 Å². The molecule has 5 nitrogen and oxygen atoms in total. The molecular weight excluding hydrogens is 331 g/mol. The van der Waals surface area contributed by atoms with Gasteiger partial charge in [0.15, 0.2) is 5.96 Å². The molecule has 0 saturated heterocycles. The van der Waals surface area contributed by atoms with E-state index in [1.165, 1.54) is 23.3 Å². The van der Waals surface area contributed by atoms with Gasteiger partial charge in [-0.3, -0.25) is 9.98 Å². The third kappa shape index (κ3) is 6.35. The first-order valence-electron chi connectivity index (χ1n) is 8.87. The van der Waals surface area contributed by atoms with E-state index in [9.17, 15) is 4.39 Å². The first kappa shape index (κ1) is 19.7. The summed E-state index contributed by atoms with van der Waals surface area (Å²) in [6, 6.07) is 8.09. The molecule has 26 heavy (non-hydrogen) atoms. The minimum atomic E-state index is -0.263. The lowest BCUT2D eigenvalue weighted by Gasteiger charge is -2.22. The Morgan fingerprint density at radius 3 is 2.73 bits per heavy atom. The number of guanidine groups is 1. The van der Waals surface area contributed by atoms with Crippen LogP contribution in [-0.2, 0) is 6.42 Å². The van der Waals surface area contributed by atoms with Gasteiger partial charge in [0.05, 0.1) is 6.54 Å². The van der Waals surface area contributed by atoms with Gasteiger partial charge in [0.25, 0.3) is 0 Å². The first-order chi connectivity index (χ1) is 12.6. The minimum Gasteiger partial charge on any atom is -0.492 e. The van der Waals surface area contributed by atoms with E-state index in [1.807, 2.05) is 37.3 Å². The molecule has 0 bridgehead atoms. The van der Waals surface area contributed by atoms with Crippen LogP contribution in [0, 0.1) is 12.7 Å². The van der Waals surface area contributed by atoms with Gasteiger partial charge in [0, 0.05) is 32.5 Å². The molecule has 1 heterocycles. The summed E-state index contributed by atoms with van der Waals surface area (Å²) in [6.45, 7) is 6.79. The molecule has 1 aromatic carbocycles. The number of likely N-dealkylation sites (N-methyl/N-ethyl adjacent to an activating group) is 1. The van der Waals surface area contributed by atoms with Crippen LogP contribution in [0.5, 0.6) is 5.75 Å². The molecule has 2 rings (SSSR count). The number of benzene rings is 1. The van der Waals surface area contributed by atoms with Crippen molar-refractivity contribution >= 4 is 5.96 Å². The van der Waals surface area contributed by atoms with Crippen LogP contribution in [0.25, 0.3) is 0 Å². The monoisotopic (exact) mass is 358 g/mol. The number of halogens is 1. The summed E-state index contributed by atoms with van der Waals surface area (Å²) in [5.41, 5.74) is 2.45. The maximum absolute atomic E-state index is 12.9. The molecular formula is C20H27FN4O. The molecule has 1 N–H and O–H groups in total. The number of rotatable bonds is 8. The number of nitrogens with zero attached hydrogens (tertiary/aromatic N) is 3. The van der Waals surface area contributed by atoms with Crippen molar-refractivity contribution in [2.75, 3.05) is 33.3 Å².